The number of anilines is 3. The Bertz CT molecular complexity index is 925. The highest BCUT2D eigenvalue weighted by Gasteiger charge is 2.21. The lowest BCUT2D eigenvalue weighted by molar-refractivity contribution is 0.410. The van der Waals surface area contributed by atoms with E-state index in [2.05, 4.69) is 34.0 Å². The molecule has 1 aromatic carbocycles. The Hall–Kier alpha value is -2.67. The van der Waals surface area contributed by atoms with Crippen molar-refractivity contribution in [2.24, 2.45) is 5.73 Å². The average Bonchev–Trinajstić information content (AvgIpc) is 3.16. The summed E-state index contributed by atoms with van der Waals surface area (Å²) in [7, 11) is 0. The van der Waals surface area contributed by atoms with Crippen LogP contribution in [-0.4, -0.2) is 31.6 Å². The molecule has 0 spiro atoms. The Morgan fingerprint density at radius 3 is 2.48 bits per heavy atom. The molecule has 154 valence electrons. The van der Waals surface area contributed by atoms with Crippen LogP contribution in [-0.2, 0) is 0 Å². The molecule has 0 unspecified atom stereocenters. The second-order valence-corrected chi connectivity index (χ2v) is 7.94. The first-order valence-corrected chi connectivity index (χ1v) is 10.8. The van der Waals surface area contributed by atoms with Crippen molar-refractivity contribution < 1.29 is 0 Å². The summed E-state index contributed by atoms with van der Waals surface area (Å²) in [5.74, 6) is 1.39. The molecule has 2 heterocycles. The van der Waals surface area contributed by atoms with E-state index in [-0.39, 0.29) is 0 Å². The fraction of sp³-hybridized carbons (Fsp3) is 0.500. The lowest BCUT2D eigenvalue weighted by Crippen LogP contribution is -2.33. The number of hydrogen-bond acceptors (Lipinski definition) is 6. The third-order valence-electron chi connectivity index (χ3n) is 5.90. The summed E-state index contributed by atoms with van der Waals surface area (Å²) >= 11 is 0. The molecule has 2 aromatic heterocycles. The van der Waals surface area contributed by atoms with Crippen LogP contribution in [0.15, 0.2) is 36.7 Å². The molecule has 0 bridgehead atoms. The molecule has 7 heteroatoms. The third-order valence-corrected chi connectivity index (χ3v) is 5.90. The van der Waals surface area contributed by atoms with E-state index in [1.165, 1.54) is 0 Å². The largest absolute Gasteiger partial charge is 0.351 e. The summed E-state index contributed by atoms with van der Waals surface area (Å²) in [5, 5.41) is 6.99. The quantitative estimate of drug-likeness (QED) is 0.543. The van der Waals surface area contributed by atoms with Crippen molar-refractivity contribution in [3.05, 3.63) is 36.7 Å². The van der Waals surface area contributed by atoms with Crippen molar-refractivity contribution in [3.63, 3.8) is 0 Å². The van der Waals surface area contributed by atoms with E-state index in [0.29, 0.717) is 24.1 Å². The molecule has 0 aliphatic heterocycles. The van der Waals surface area contributed by atoms with Crippen molar-refractivity contribution in [2.45, 2.75) is 70.5 Å². The number of para-hydroxylation sites is 1. The van der Waals surface area contributed by atoms with Gasteiger partial charge in [0.1, 0.15) is 0 Å². The van der Waals surface area contributed by atoms with Crippen molar-refractivity contribution in [1.82, 2.24) is 19.5 Å². The Morgan fingerprint density at radius 1 is 1.07 bits per heavy atom. The van der Waals surface area contributed by atoms with Gasteiger partial charge < -0.3 is 20.9 Å². The van der Waals surface area contributed by atoms with Gasteiger partial charge in [0.2, 0.25) is 5.95 Å². The molecule has 7 nitrogen and oxygen atoms in total. The molecule has 1 saturated carbocycles. The first-order chi connectivity index (χ1) is 14.2. The minimum Gasteiger partial charge on any atom is -0.351 e. The zero-order chi connectivity index (χ0) is 20.2. The Labute approximate surface area is 172 Å². The lowest BCUT2D eigenvalue weighted by Gasteiger charge is -2.27. The maximum atomic E-state index is 6.06. The summed E-state index contributed by atoms with van der Waals surface area (Å²) in [6.07, 6.45) is 8.16. The average molecular weight is 394 g/mol. The van der Waals surface area contributed by atoms with Crippen LogP contribution in [0.2, 0.25) is 0 Å². The molecule has 0 amide bonds. The van der Waals surface area contributed by atoms with Crippen molar-refractivity contribution in [1.29, 1.82) is 0 Å². The summed E-state index contributed by atoms with van der Waals surface area (Å²) in [5.41, 5.74) is 8.73. The molecule has 0 atom stereocenters. The minimum absolute atomic E-state index is 0.322. The smallest absolute Gasteiger partial charge is 0.227 e. The van der Waals surface area contributed by atoms with Crippen molar-refractivity contribution in [3.8, 4) is 0 Å². The molecule has 1 aliphatic rings. The molecular weight excluding hydrogens is 362 g/mol. The third kappa shape index (κ3) is 4.34. The number of nitrogens with one attached hydrogen (secondary N) is 2. The minimum atomic E-state index is 0.322. The number of benzene rings is 1. The monoisotopic (exact) mass is 393 g/mol. The lowest BCUT2D eigenvalue weighted by atomic mass is 9.92. The van der Waals surface area contributed by atoms with E-state index in [1.54, 1.807) is 0 Å². The van der Waals surface area contributed by atoms with Crippen LogP contribution in [0.25, 0.3) is 11.2 Å². The summed E-state index contributed by atoms with van der Waals surface area (Å²) < 4.78 is 2.19. The molecular formula is C22H31N7. The fourth-order valence-corrected chi connectivity index (χ4v) is 4.12. The van der Waals surface area contributed by atoms with Gasteiger partial charge in [-0.1, -0.05) is 32.0 Å². The van der Waals surface area contributed by atoms with Crippen LogP contribution in [0.5, 0.6) is 0 Å². The van der Waals surface area contributed by atoms with Crippen molar-refractivity contribution in [2.75, 3.05) is 10.6 Å². The number of hydrogen-bond donors (Lipinski definition) is 3. The highest BCUT2D eigenvalue weighted by atomic mass is 15.2. The second kappa shape index (κ2) is 8.78. The van der Waals surface area contributed by atoms with Gasteiger partial charge in [0, 0.05) is 23.8 Å². The maximum absolute atomic E-state index is 6.06. The van der Waals surface area contributed by atoms with Crippen molar-refractivity contribution >= 4 is 28.6 Å². The van der Waals surface area contributed by atoms with Crippen LogP contribution >= 0.6 is 0 Å². The van der Waals surface area contributed by atoms with Crippen LogP contribution in [0.3, 0.4) is 0 Å². The number of fused-ring (bicyclic) bond motifs is 1. The van der Waals surface area contributed by atoms with Crippen LogP contribution < -0.4 is 16.4 Å². The number of rotatable bonds is 7. The van der Waals surface area contributed by atoms with E-state index in [0.717, 1.165) is 61.2 Å². The molecule has 4 rings (SSSR count). The standard InChI is InChI=1S/C22H31N7/c1-3-18(4-2)29-14-24-19-20(25-16-8-6-5-7-9-16)27-22(28-21(19)29)26-17-12-10-15(23)11-13-17/h5-9,14-15,17-18H,3-4,10-13,23H2,1-2H3,(H2,25,26,27,28). The summed E-state index contributed by atoms with van der Waals surface area (Å²) in [4.78, 5) is 14.3. The van der Waals surface area contributed by atoms with Gasteiger partial charge in [-0.3, -0.25) is 0 Å². The summed E-state index contributed by atoms with van der Waals surface area (Å²) in [6.45, 7) is 4.41. The number of imidazole rings is 1. The predicted molar refractivity (Wildman–Crippen MR) is 119 cm³/mol. The van der Waals surface area contributed by atoms with E-state index < -0.39 is 0 Å². The second-order valence-electron chi connectivity index (χ2n) is 7.94. The Balaban J connectivity index is 1.71. The number of aromatic nitrogens is 4. The van der Waals surface area contributed by atoms with Gasteiger partial charge in [-0.05, 0) is 50.7 Å². The topological polar surface area (TPSA) is 93.7 Å². The summed E-state index contributed by atoms with van der Waals surface area (Å²) in [6, 6.07) is 11.1. The first kappa shape index (κ1) is 19.6. The molecule has 1 fully saturated rings. The van der Waals surface area contributed by atoms with E-state index in [9.17, 15) is 0 Å². The van der Waals surface area contributed by atoms with Gasteiger partial charge in [0.15, 0.2) is 17.0 Å². The van der Waals surface area contributed by atoms with Gasteiger partial charge in [0.25, 0.3) is 0 Å². The fourth-order valence-electron chi connectivity index (χ4n) is 4.12. The van der Waals surface area contributed by atoms with Gasteiger partial charge >= 0.3 is 0 Å². The molecule has 0 saturated heterocycles. The number of nitrogens with zero attached hydrogens (tertiary/aromatic N) is 4. The molecule has 29 heavy (non-hydrogen) atoms. The molecule has 3 aromatic rings. The molecule has 0 radical (unpaired) electrons. The van der Waals surface area contributed by atoms with E-state index in [4.69, 9.17) is 15.7 Å². The normalized spacial score (nSPS) is 19.6. The number of nitrogens with two attached hydrogens (primary N) is 1. The van der Waals surface area contributed by atoms with Gasteiger partial charge in [-0.2, -0.15) is 9.97 Å². The predicted octanol–water partition coefficient (Wildman–Crippen LogP) is 4.61. The van der Waals surface area contributed by atoms with Gasteiger partial charge in [-0.25, -0.2) is 4.98 Å². The zero-order valence-corrected chi connectivity index (χ0v) is 17.3. The highest BCUT2D eigenvalue weighted by molar-refractivity contribution is 5.86. The maximum Gasteiger partial charge on any atom is 0.227 e. The van der Waals surface area contributed by atoms with Gasteiger partial charge in [0.05, 0.1) is 6.33 Å². The van der Waals surface area contributed by atoms with Crippen LogP contribution in [0.1, 0.15) is 58.4 Å². The van der Waals surface area contributed by atoms with Crippen LogP contribution in [0, 0.1) is 0 Å². The van der Waals surface area contributed by atoms with E-state index in [1.807, 2.05) is 36.7 Å². The SMILES string of the molecule is CCC(CC)n1cnc2c(Nc3ccccc3)nc(NC3CCC(N)CC3)nc21. The molecule has 4 N–H and O–H groups in total. The van der Waals surface area contributed by atoms with Crippen LogP contribution in [0.4, 0.5) is 17.5 Å². The Kier molecular flexibility index (Phi) is 5.94. The Morgan fingerprint density at radius 2 is 1.79 bits per heavy atom. The zero-order valence-electron chi connectivity index (χ0n) is 17.3. The van der Waals surface area contributed by atoms with Gasteiger partial charge in [-0.15, -0.1) is 0 Å². The molecule has 1 aliphatic carbocycles. The highest BCUT2D eigenvalue weighted by Crippen LogP contribution is 2.29. The first-order valence-electron chi connectivity index (χ1n) is 10.8. The van der Waals surface area contributed by atoms with E-state index >= 15 is 0 Å².